The van der Waals surface area contributed by atoms with Crippen molar-refractivity contribution in [2.24, 2.45) is 0 Å². The first-order valence-electron chi connectivity index (χ1n) is 7.33. The van der Waals surface area contributed by atoms with E-state index in [1.54, 1.807) is 0 Å². The van der Waals surface area contributed by atoms with E-state index >= 15 is 0 Å². The number of anilines is 3. The van der Waals surface area contributed by atoms with Gasteiger partial charge in [0.25, 0.3) is 0 Å². The van der Waals surface area contributed by atoms with Gasteiger partial charge in [-0.2, -0.15) is 0 Å². The highest BCUT2D eigenvalue weighted by molar-refractivity contribution is 5.67. The SMILES string of the molecule is CNc1nc(C(C)C)nc(Nc2cc(C)ccc2C)c1C. The number of rotatable bonds is 4. The summed E-state index contributed by atoms with van der Waals surface area (Å²) in [6.07, 6.45) is 0. The van der Waals surface area contributed by atoms with Crippen LogP contribution in [0.4, 0.5) is 17.3 Å². The minimum absolute atomic E-state index is 0.289. The normalized spacial score (nSPS) is 10.8. The summed E-state index contributed by atoms with van der Waals surface area (Å²) in [5.74, 6) is 2.88. The van der Waals surface area contributed by atoms with Crippen molar-refractivity contribution in [1.29, 1.82) is 0 Å². The molecule has 2 rings (SSSR count). The molecule has 0 saturated carbocycles. The van der Waals surface area contributed by atoms with Crippen LogP contribution < -0.4 is 10.6 Å². The first-order chi connectivity index (χ1) is 9.92. The van der Waals surface area contributed by atoms with Gasteiger partial charge >= 0.3 is 0 Å². The van der Waals surface area contributed by atoms with Crippen LogP contribution in [0.1, 0.15) is 42.3 Å². The molecule has 2 aromatic rings. The van der Waals surface area contributed by atoms with Crippen molar-refractivity contribution in [3.8, 4) is 0 Å². The number of nitrogens with zero attached hydrogens (tertiary/aromatic N) is 2. The maximum atomic E-state index is 4.68. The maximum Gasteiger partial charge on any atom is 0.139 e. The number of aryl methyl sites for hydroxylation is 2. The summed E-state index contributed by atoms with van der Waals surface area (Å²) in [6.45, 7) is 10.4. The molecule has 0 atom stereocenters. The van der Waals surface area contributed by atoms with Crippen LogP contribution in [0.2, 0.25) is 0 Å². The van der Waals surface area contributed by atoms with Crippen LogP contribution >= 0.6 is 0 Å². The molecule has 0 bridgehead atoms. The Kier molecular flexibility index (Phi) is 4.46. The van der Waals surface area contributed by atoms with Gasteiger partial charge in [-0.05, 0) is 38.0 Å². The van der Waals surface area contributed by atoms with Gasteiger partial charge in [-0.25, -0.2) is 9.97 Å². The Labute approximate surface area is 127 Å². The molecular formula is C17H24N4. The molecule has 0 aliphatic carbocycles. The fraction of sp³-hybridized carbons (Fsp3) is 0.412. The van der Waals surface area contributed by atoms with Crippen LogP contribution in [0, 0.1) is 20.8 Å². The predicted octanol–water partition coefficient (Wildman–Crippen LogP) is 4.31. The predicted molar refractivity (Wildman–Crippen MR) is 89.6 cm³/mol. The minimum Gasteiger partial charge on any atom is -0.373 e. The van der Waals surface area contributed by atoms with Crippen molar-refractivity contribution in [1.82, 2.24) is 9.97 Å². The lowest BCUT2D eigenvalue weighted by molar-refractivity contribution is 0.775. The molecule has 4 heteroatoms. The Morgan fingerprint density at radius 2 is 1.67 bits per heavy atom. The van der Waals surface area contributed by atoms with Gasteiger partial charge in [0, 0.05) is 24.2 Å². The molecule has 0 spiro atoms. The highest BCUT2D eigenvalue weighted by Crippen LogP contribution is 2.27. The first kappa shape index (κ1) is 15.3. The van der Waals surface area contributed by atoms with Crippen LogP contribution in [-0.2, 0) is 0 Å². The monoisotopic (exact) mass is 284 g/mol. The van der Waals surface area contributed by atoms with Crippen molar-refractivity contribution in [2.45, 2.75) is 40.5 Å². The van der Waals surface area contributed by atoms with Crippen LogP contribution in [0.15, 0.2) is 18.2 Å². The summed E-state index contributed by atoms with van der Waals surface area (Å²) in [4.78, 5) is 9.25. The molecule has 0 saturated heterocycles. The van der Waals surface area contributed by atoms with E-state index in [0.29, 0.717) is 0 Å². The molecular weight excluding hydrogens is 260 g/mol. The molecule has 4 nitrogen and oxygen atoms in total. The summed E-state index contributed by atoms with van der Waals surface area (Å²) < 4.78 is 0. The second kappa shape index (κ2) is 6.12. The summed E-state index contributed by atoms with van der Waals surface area (Å²) >= 11 is 0. The van der Waals surface area contributed by atoms with Crippen molar-refractivity contribution in [3.63, 3.8) is 0 Å². The Morgan fingerprint density at radius 1 is 1.00 bits per heavy atom. The quantitative estimate of drug-likeness (QED) is 0.878. The van der Waals surface area contributed by atoms with E-state index < -0.39 is 0 Å². The van der Waals surface area contributed by atoms with Gasteiger partial charge in [0.15, 0.2) is 0 Å². The molecule has 0 aliphatic rings. The van der Waals surface area contributed by atoms with Crippen molar-refractivity contribution in [3.05, 3.63) is 40.7 Å². The molecule has 1 aromatic heterocycles. The summed E-state index contributed by atoms with van der Waals surface area (Å²) in [5.41, 5.74) is 4.56. The standard InChI is InChI=1S/C17H24N4/c1-10(2)15-20-16(18-6)13(5)17(21-15)19-14-9-11(3)7-8-12(14)4/h7-10H,1-6H3,(H2,18,19,20,21). The second-order valence-corrected chi connectivity index (χ2v) is 5.75. The Balaban J connectivity index is 2.47. The molecule has 2 N–H and O–H groups in total. The second-order valence-electron chi connectivity index (χ2n) is 5.75. The van der Waals surface area contributed by atoms with Gasteiger partial charge in [0.1, 0.15) is 17.5 Å². The summed E-state index contributed by atoms with van der Waals surface area (Å²) in [7, 11) is 1.89. The Morgan fingerprint density at radius 3 is 2.29 bits per heavy atom. The Hall–Kier alpha value is -2.10. The molecule has 0 unspecified atom stereocenters. The number of aromatic nitrogens is 2. The summed E-state index contributed by atoms with van der Waals surface area (Å²) in [5, 5.41) is 6.61. The number of nitrogens with one attached hydrogen (secondary N) is 2. The first-order valence-corrected chi connectivity index (χ1v) is 7.33. The summed E-state index contributed by atoms with van der Waals surface area (Å²) in [6, 6.07) is 6.38. The minimum atomic E-state index is 0.289. The topological polar surface area (TPSA) is 49.8 Å². The average molecular weight is 284 g/mol. The van der Waals surface area contributed by atoms with Gasteiger partial charge in [-0.15, -0.1) is 0 Å². The van der Waals surface area contributed by atoms with Crippen LogP contribution in [0.5, 0.6) is 0 Å². The number of benzene rings is 1. The number of hydrogen-bond donors (Lipinski definition) is 2. The third-order valence-electron chi connectivity index (χ3n) is 3.56. The lowest BCUT2D eigenvalue weighted by Gasteiger charge is -2.16. The number of hydrogen-bond acceptors (Lipinski definition) is 4. The third-order valence-corrected chi connectivity index (χ3v) is 3.56. The fourth-order valence-electron chi connectivity index (χ4n) is 2.16. The lowest BCUT2D eigenvalue weighted by Crippen LogP contribution is -2.08. The molecule has 112 valence electrons. The van der Waals surface area contributed by atoms with E-state index in [2.05, 4.69) is 66.5 Å². The van der Waals surface area contributed by atoms with Gasteiger partial charge in [-0.3, -0.25) is 0 Å². The van der Waals surface area contributed by atoms with E-state index in [-0.39, 0.29) is 5.92 Å². The Bertz CT molecular complexity index is 647. The van der Waals surface area contributed by atoms with Crippen LogP contribution in [0.25, 0.3) is 0 Å². The van der Waals surface area contributed by atoms with E-state index in [1.165, 1.54) is 11.1 Å². The van der Waals surface area contributed by atoms with Crippen LogP contribution in [-0.4, -0.2) is 17.0 Å². The largest absolute Gasteiger partial charge is 0.373 e. The highest BCUT2D eigenvalue weighted by Gasteiger charge is 2.13. The van der Waals surface area contributed by atoms with E-state index in [1.807, 2.05) is 14.0 Å². The highest BCUT2D eigenvalue weighted by atomic mass is 15.1. The molecule has 0 aliphatic heterocycles. The molecule has 0 fully saturated rings. The van der Waals surface area contributed by atoms with Crippen LogP contribution in [0.3, 0.4) is 0 Å². The van der Waals surface area contributed by atoms with Gasteiger partial charge < -0.3 is 10.6 Å². The molecule has 21 heavy (non-hydrogen) atoms. The van der Waals surface area contributed by atoms with Gasteiger partial charge in [-0.1, -0.05) is 26.0 Å². The lowest BCUT2D eigenvalue weighted by atomic mass is 10.1. The smallest absolute Gasteiger partial charge is 0.139 e. The zero-order valence-corrected chi connectivity index (χ0v) is 13.7. The third kappa shape index (κ3) is 3.32. The van der Waals surface area contributed by atoms with E-state index in [0.717, 1.165) is 28.7 Å². The van der Waals surface area contributed by atoms with Crippen molar-refractivity contribution in [2.75, 3.05) is 17.7 Å². The average Bonchev–Trinajstić information content (AvgIpc) is 2.44. The molecule has 1 heterocycles. The zero-order valence-electron chi connectivity index (χ0n) is 13.7. The van der Waals surface area contributed by atoms with Gasteiger partial charge in [0.05, 0.1) is 0 Å². The molecule has 1 aromatic carbocycles. The molecule has 0 amide bonds. The van der Waals surface area contributed by atoms with Crippen molar-refractivity contribution >= 4 is 17.3 Å². The zero-order chi connectivity index (χ0) is 15.6. The van der Waals surface area contributed by atoms with E-state index in [9.17, 15) is 0 Å². The van der Waals surface area contributed by atoms with Crippen molar-refractivity contribution < 1.29 is 0 Å². The van der Waals surface area contributed by atoms with E-state index in [4.69, 9.17) is 0 Å². The maximum absolute atomic E-state index is 4.68. The van der Waals surface area contributed by atoms with Gasteiger partial charge in [0.2, 0.25) is 0 Å². The fourth-order valence-corrected chi connectivity index (χ4v) is 2.16. The molecule has 0 radical (unpaired) electrons.